The lowest BCUT2D eigenvalue weighted by Crippen LogP contribution is -2.37. The molecule has 0 heterocycles. The molecule has 5 heteroatoms. The Morgan fingerprint density at radius 2 is 2.15 bits per heavy atom. The van der Waals surface area contributed by atoms with Gasteiger partial charge in [0.2, 0.25) is 5.91 Å². The van der Waals surface area contributed by atoms with Crippen LogP contribution in [0, 0.1) is 19.3 Å². The smallest absolute Gasteiger partial charge is 0.319 e. The molecule has 0 bridgehead atoms. The standard InChI is InChI=1S/C15H19N3O2/c1-4-6-11(5-2)17-15(20)18-12-7-8-13(14(16)19)10(3)9-12/h1,7-9,11H,5-6H2,2-3H3,(H2,16,19)(H2,17,18,20). The Morgan fingerprint density at radius 3 is 2.65 bits per heavy atom. The third-order valence-electron chi connectivity index (χ3n) is 2.94. The van der Waals surface area contributed by atoms with E-state index in [1.165, 1.54) is 0 Å². The predicted molar refractivity (Wildman–Crippen MR) is 79.4 cm³/mol. The molecule has 0 aliphatic carbocycles. The number of carbonyl (C=O) groups excluding carboxylic acids is 2. The van der Waals surface area contributed by atoms with Crippen LogP contribution in [0.25, 0.3) is 0 Å². The molecule has 106 valence electrons. The first-order chi connectivity index (χ1) is 9.47. The van der Waals surface area contributed by atoms with Gasteiger partial charge in [0.1, 0.15) is 0 Å². The topological polar surface area (TPSA) is 84.2 Å². The molecule has 0 saturated heterocycles. The van der Waals surface area contributed by atoms with Gasteiger partial charge in [0.15, 0.2) is 0 Å². The van der Waals surface area contributed by atoms with E-state index in [4.69, 9.17) is 12.2 Å². The molecule has 0 radical (unpaired) electrons. The van der Waals surface area contributed by atoms with Crippen LogP contribution in [0.5, 0.6) is 0 Å². The van der Waals surface area contributed by atoms with E-state index in [0.717, 1.165) is 6.42 Å². The maximum absolute atomic E-state index is 11.8. The Morgan fingerprint density at radius 1 is 1.45 bits per heavy atom. The van der Waals surface area contributed by atoms with Gasteiger partial charge in [-0.25, -0.2) is 4.79 Å². The minimum absolute atomic E-state index is 0.0500. The van der Waals surface area contributed by atoms with Gasteiger partial charge in [-0.15, -0.1) is 12.3 Å². The highest BCUT2D eigenvalue weighted by Gasteiger charge is 2.10. The first kappa shape index (κ1) is 15.6. The fourth-order valence-electron chi connectivity index (χ4n) is 1.81. The SMILES string of the molecule is C#CCC(CC)NC(=O)Nc1ccc(C(N)=O)c(C)c1. The Kier molecular flexibility index (Phi) is 5.60. The third kappa shape index (κ3) is 4.32. The second-order valence-electron chi connectivity index (χ2n) is 4.51. The summed E-state index contributed by atoms with van der Waals surface area (Å²) in [6.45, 7) is 3.71. The van der Waals surface area contributed by atoms with E-state index >= 15 is 0 Å². The van der Waals surface area contributed by atoms with Crippen molar-refractivity contribution in [1.29, 1.82) is 0 Å². The molecule has 1 aromatic carbocycles. The number of hydrogen-bond donors (Lipinski definition) is 3. The zero-order chi connectivity index (χ0) is 15.1. The molecule has 5 nitrogen and oxygen atoms in total. The quantitative estimate of drug-likeness (QED) is 0.717. The molecule has 4 N–H and O–H groups in total. The number of nitrogens with two attached hydrogens (primary N) is 1. The number of aryl methyl sites for hydroxylation is 1. The van der Waals surface area contributed by atoms with Crippen molar-refractivity contribution in [3.05, 3.63) is 29.3 Å². The van der Waals surface area contributed by atoms with Crippen molar-refractivity contribution >= 4 is 17.6 Å². The van der Waals surface area contributed by atoms with Crippen LogP contribution in [0.3, 0.4) is 0 Å². The summed E-state index contributed by atoms with van der Waals surface area (Å²) in [6, 6.07) is 4.55. The van der Waals surface area contributed by atoms with Crippen LogP contribution in [0.1, 0.15) is 35.7 Å². The largest absolute Gasteiger partial charge is 0.366 e. The summed E-state index contributed by atoms with van der Waals surface area (Å²) in [6.07, 6.45) is 6.48. The van der Waals surface area contributed by atoms with E-state index in [-0.39, 0.29) is 12.1 Å². The minimum atomic E-state index is -0.487. The Labute approximate surface area is 118 Å². The number of hydrogen-bond acceptors (Lipinski definition) is 2. The number of primary amides is 1. The maximum Gasteiger partial charge on any atom is 0.319 e. The number of rotatable bonds is 5. The highest BCUT2D eigenvalue weighted by Crippen LogP contribution is 2.14. The van der Waals surface area contributed by atoms with Crippen molar-refractivity contribution in [1.82, 2.24) is 5.32 Å². The van der Waals surface area contributed by atoms with E-state index in [9.17, 15) is 9.59 Å². The van der Waals surface area contributed by atoms with Gasteiger partial charge in [-0.05, 0) is 37.1 Å². The summed E-state index contributed by atoms with van der Waals surface area (Å²) >= 11 is 0. The monoisotopic (exact) mass is 273 g/mol. The molecule has 3 amide bonds. The number of anilines is 1. The lowest BCUT2D eigenvalue weighted by Gasteiger charge is -2.15. The number of nitrogens with one attached hydrogen (secondary N) is 2. The van der Waals surface area contributed by atoms with E-state index in [1.54, 1.807) is 25.1 Å². The molecule has 1 aromatic rings. The maximum atomic E-state index is 11.8. The predicted octanol–water partition coefficient (Wildman–Crippen LogP) is 2.02. The van der Waals surface area contributed by atoms with Crippen LogP contribution in [0.2, 0.25) is 0 Å². The van der Waals surface area contributed by atoms with Gasteiger partial charge < -0.3 is 16.4 Å². The molecule has 0 aromatic heterocycles. The Bertz CT molecular complexity index is 547. The van der Waals surface area contributed by atoms with Gasteiger partial charge in [-0.1, -0.05) is 6.92 Å². The summed E-state index contributed by atoms with van der Waals surface area (Å²) in [5.74, 6) is 2.04. The van der Waals surface area contributed by atoms with E-state index in [2.05, 4.69) is 16.6 Å². The normalized spacial score (nSPS) is 11.2. The van der Waals surface area contributed by atoms with Gasteiger partial charge in [0.25, 0.3) is 0 Å². The fourth-order valence-corrected chi connectivity index (χ4v) is 1.81. The Balaban J connectivity index is 2.69. The zero-order valence-electron chi connectivity index (χ0n) is 11.7. The molecule has 1 unspecified atom stereocenters. The highest BCUT2D eigenvalue weighted by atomic mass is 16.2. The van der Waals surface area contributed by atoms with Gasteiger partial charge in [0, 0.05) is 23.7 Å². The molecule has 0 aliphatic rings. The van der Waals surface area contributed by atoms with Crippen LogP contribution < -0.4 is 16.4 Å². The average molecular weight is 273 g/mol. The van der Waals surface area contributed by atoms with Gasteiger partial charge >= 0.3 is 6.03 Å². The number of urea groups is 1. The Hall–Kier alpha value is -2.48. The second kappa shape index (κ2) is 7.19. The van der Waals surface area contributed by atoms with E-state index < -0.39 is 5.91 Å². The van der Waals surface area contributed by atoms with Crippen LogP contribution >= 0.6 is 0 Å². The molecule has 1 rings (SSSR count). The highest BCUT2D eigenvalue weighted by molar-refractivity contribution is 5.96. The van der Waals surface area contributed by atoms with Crippen molar-refractivity contribution < 1.29 is 9.59 Å². The summed E-state index contributed by atoms with van der Waals surface area (Å²) in [7, 11) is 0. The van der Waals surface area contributed by atoms with Crippen LogP contribution in [-0.4, -0.2) is 18.0 Å². The first-order valence-electron chi connectivity index (χ1n) is 6.39. The molecule has 0 saturated carbocycles. The lowest BCUT2D eigenvalue weighted by atomic mass is 10.1. The van der Waals surface area contributed by atoms with Gasteiger partial charge in [-0.2, -0.15) is 0 Å². The minimum Gasteiger partial charge on any atom is -0.366 e. The number of terminal acetylenes is 1. The second-order valence-corrected chi connectivity index (χ2v) is 4.51. The molecular formula is C15H19N3O2. The molecule has 1 atom stereocenters. The van der Waals surface area contributed by atoms with Gasteiger partial charge in [0.05, 0.1) is 0 Å². The number of benzene rings is 1. The van der Waals surface area contributed by atoms with Crippen LogP contribution in [0.15, 0.2) is 18.2 Å². The van der Waals surface area contributed by atoms with E-state index in [1.807, 2.05) is 6.92 Å². The van der Waals surface area contributed by atoms with Crippen LogP contribution in [0.4, 0.5) is 10.5 Å². The van der Waals surface area contributed by atoms with Crippen LogP contribution in [-0.2, 0) is 0 Å². The molecular weight excluding hydrogens is 254 g/mol. The van der Waals surface area contributed by atoms with Crippen molar-refractivity contribution in [2.75, 3.05) is 5.32 Å². The molecule has 20 heavy (non-hydrogen) atoms. The van der Waals surface area contributed by atoms with Crippen molar-refractivity contribution in [3.63, 3.8) is 0 Å². The van der Waals surface area contributed by atoms with Crippen molar-refractivity contribution in [2.24, 2.45) is 5.73 Å². The first-order valence-corrected chi connectivity index (χ1v) is 6.39. The number of amides is 3. The van der Waals surface area contributed by atoms with Crippen molar-refractivity contribution in [3.8, 4) is 12.3 Å². The fraction of sp³-hybridized carbons (Fsp3) is 0.333. The lowest BCUT2D eigenvalue weighted by molar-refractivity contribution is 0.0999. The van der Waals surface area contributed by atoms with Crippen molar-refractivity contribution in [2.45, 2.75) is 32.7 Å². The molecule has 0 spiro atoms. The summed E-state index contributed by atoms with van der Waals surface area (Å²) in [5, 5.41) is 5.49. The summed E-state index contributed by atoms with van der Waals surface area (Å²) in [5.41, 5.74) is 6.98. The average Bonchev–Trinajstić information content (AvgIpc) is 2.37. The molecule has 0 aliphatic heterocycles. The molecule has 0 fully saturated rings. The summed E-state index contributed by atoms with van der Waals surface area (Å²) < 4.78 is 0. The van der Waals surface area contributed by atoms with E-state index in [0.29, 0.717) is 23.2 Å². The third-order valence-corrected chi connectivity index (χ3v) is 2.94. The number of carbonyl (C=O) groups is 2. The summed E-state index contributed by atoms with van der Waals surface area (Å²) in [4.78, 5) is 22.9. The van der Waals surface area contributed by atoms with Gasteiger partial charge in [-0.3, -0.25) is 4.79 Å². The zero-order valence-corrected chi connectivity index (χ0v) is 11.7.